The summed E-state index contributed by atoms with van der Waals surface area (Å²) in [5, 5.41) is 3.76. The SMILES string of the molecule is Cn1c(=O)c2c(SCC(=O)NC3CCCC3)nc(C(C)(C)C)nc2n(C)c1=O. The van der Waals surface area contributed by atoms with E-state index in [1.165, 1.54) is 23.4 Å². The summed E-state index contributed by atoms with van der Waals surface area (Å²) in [5.74, 6) is 0.627. The molecule has 0 aliphatic heterocycles. The number of aryl methyl sites for hydroxylation is 1. The first kappa shape index (κ1) is 20.6. The van der Waals surface area contributed by atoms with Crippen LogP contribution in [0.3, 0.4) is 0 Å². The molecule has 0 aromatic carbocycles. The zero-order valence-electron chi connectivity index (χ0n) is 17.0. The molecule has 8 nitrogen and oxygen atoms in total. The van der Waals surface area contributed by atoms with Crippen LogP contribution >= 0.6 is 11.8 Å². The Bertz CT molecular complexity index is 1030. The maximum Gasteiger partial charge on any atom is 0.332 e. The van der Waals surface area contributed by atoms with Gasteiger partial charge in [-0.05, 0) is 12.8 Å². The number of carbonyl (C=O) groups excluding carboxylic acids is 1. The van der Waals surface area contributed by atoms with Gasteiger partial charge in [-0.1, -0.05) is 45.4 Å². The normalized spacial score (nSPS) is 15.3. The Morgan fingerprint density at radius 3 is 2.39 bits per heavy atom. The van der Waals surface area contributed by atoms with E-state index in [2.05, 4.69) is 15.3 Å². The molecule has 2 aromatic rings. The standard InChI is InChI=1S/C19H27N5O3S/c1-19(2,3)17-21-14-13(16(26)24(5)18(27)23(14)4)15(22-17)28-10-12(25)20-11-8-6-7-9-11/h11H,6-10H2,1-5H3,(H,20,25). The van der Waals surface area contributed by atoms with E-state index in [4.69, 9.17) is 0 Å². The van der Waals surface area contributed by atoms with Gasteiger partial charge in [-0.15, -0.1) is 0 Å². The van der Waals surface area contributed by atoms with Crippen molar-refractivity contribution in [3.8, 4) is 0 Å². The van der Waals surface area contributed by atoms with E-state index in [-0.39, 0.29) is 28.5 Å². The van der Waals surface area contributed by atoms with Gasteiger partial charge in [0.2, 0.25) is 5.91 Å². The molecule has 0 bridgehead atoms. The summed E-state index contributed by atoms with van der Waals surface area (Å²) < 4.78 is 2.40. The highest BCUT2D eigenvalue weighted by Gasteiger charge is 2.24. The molecule has 0 spiro atoms. The van der Waals surface area contributed by atoms with Gasteiger partial charge in [0.15, 0.2) is 5.65 Å². The van der Waals surface area contributed by atoms with Crippen LogP contribution in [0.1, 0.15) is 52.3 Å². The minimum atomic E-state index is -0.447. The Hall–Kier alpha value is -2.16. The van der Waals surface area contributed by atoms with Crippen LogP contribution in [0.4, 0.5) is 0 Å². The predicted octanol–water partition coefficient (Wildman–Crippen LogP) is 1.48. The molecule has 3 rings (SSSR count). The van der Waals surface area contributed by atoms with Crippen LogP contribution in [0.25, 0.3) is 11.0 Å². The topological polar surface area (TPSA) is 98.9 Å². The Morgan fingerprint density at radius 2 is 1.79 bits per heavy atom. The number of rotatable bonds is 4. The van der Waals surface area contributed by atoms with Crippen molar-refractivity contribution in [2.45, 2.75) is 62.9 Å². The van der Waals surface area contributed by atoms with E-state index in [9.17, 15) is 14.4 Å². The fraction of sp³-hybridized carbons (Fsp3) is 0.632. The van der Waals surface area contributed by atoms with Crippen molar-refractivity contribution >= 4 is 28.7 Å². The van der Waals surface area contributed by atoms with Gasteiger partial charge in [0.05, 0.1) is 5.75 Å². The monoisotopic (exact) mass is 405 g/mol. The Kier molecular flexibility index (Phi) is 5.65. The molecule has 1 fully saturated rings. The highest BCUT2D eigenvalue weighted by Crippen LogP contribution is 2.27. The van der Waals surface area contributed by atoms with Crippen molar-refractivity contribution < 1.29 is 4.79 Å². The molecule has 1 amide bonds. The number of hydrogen-bond donors (Lipinski definition) is 1. The van der Waals surface area contributed by atoms with E-state index in [0.29, 0.717) is 16.5 Å². The van der Waals surface area contributed by atoms with Crippen LogP contribution in [-0.4, -0.2) is 36.8 Å². The number of hydrogen-bond acceptors (Lipinski definition) is 6. The molecule has 1 aliphatic rings. The number of nitrogens with one attached hydrogen (secondary N) is 1. The van der Waals surface area contributed by atoms with Gasteiger partial charge in [-0.25, -0.2) is 14.8 Å². The largest absolute Gasteiger partial charge is 0.353 e. The van der Waals surface area contributed by atoms with Crippen molar-refractivity contribution in [3.63, 3.8) is 0 Å². The quantitative estimate of drug-likeness (QED) is 0.611. The third kappa shape index (κ3) is 3.99. The second-order valence-electron chi connectivity index (χ2n) is 8.34. The summed E-state index contributed by atoms with van der Waals surface area (Å²) >= 11 is 1.22. The van der Waals surface area contributed by atoms with Crippen LogP contribution in [-0.2, 0) is 24.3 Å². The highest BCUT2D eigenvalue weighted by molar-refractivity contribution is 8.00. The molecule has 9 heteroatoms. The Balaban J connectivity index is 2.02. The van der Waals surface area contributed by atoms with Crippen LogP contribution < -0.4 is 16.6 Å². The van der Waals surface area contributed by atoms with Crippen LogP contribution in [0.5, 0.6) is 0 Å². The van der Waals surface area contributed by atoms with E-state index in [1.54, 1.807) is 7.05 Å². The molecule has 1 saturated carbocycles. The molecule has 2 aromatic heterocycles. The predicted molar refractivity (Wildman–Crippen MR) is 110 cm³/mol. The lowest BCUT2D eigenvalue weighted by Crippen LogP contribution is -2.38. The van der Waals surface area contributed by atoms with Gasteiger partial charge in [-0.2, -0.15) is 0 Å². The fourth-order valence-corrected chi connectivity index (χ4v) is 4.17. The lowest BCUT2D eigenvalue weighted by molar-refractivity contribution is -0.119. The average molecular weight is 406 g/mol. The summed E-state index contributed by atoms with van der Waals surface area (Å²) in [6, 6.07) is 0.245. The van der Waals surface area contributed by atoms with Gasteiger partial charge in [0.1, 0.15) is 16.2 Å². The number of carbonyl (C=O) groups is 1. The molecule has 0 unspecified atom stereocenters. The van der Waals surface area contributed by atoms with E-state index >= 15 is 0 Å². The lowest BCUT2D eigenvalue weighted by Gasteiger charge is -2.19. The smallest absolute Gasteiger partial charge is 0.332 e. The molecule has 1 N–H and O–H groups in total. The van der Waals surface area contributed by atoms with Gasteiger partial charge in [-0.3, -0.25) is 18.7 Å². The van der Waals surface area contributed by atoms with E-state index in [1.807, 2.05) is 20.8 Å². The number of fused-ring (bicyclic) bond motifs is 1. The summed E-state index contributed by atoms with van der Waals surface area (Å²) in [5.41, 5.74) is -0.956. The zero-order valence-corrected chi connectivity index (χ0v) is 17.9. The number of amides is 1. The van der Waals surface area contributed by atoms with Crippen molar-refractivity contribution in [2.75, 3.05) is 5.75 Å². The van der Waals surface area contributed by atoms with Crippen molar-refractivity contribution in [1.82, 2.24) is 24.4 Å². The molecular formula is C19H27N5O3S. The fourth-order valence-electron chi connectivity index (χ4n) is 3.34. The summed E-state index contributed by atoms with van der Waals surface area (Å²) in [4.78, 5) is 46.5. The van der Waals surface area contributed by atoms with Crippen molar-refractivity contribution in [3.05, 3.63) is 26.7 Å². The third-order valence-electron chi connectivity index (χ3n) is 5.00. The molecule has 0 saturated heterocycles. The zero-order chi connectivity index (χ0) is 20.6. The molecule has 2 heterocycles. The first-order valence-corrected chi connectivity index (χ1v) is 10.5. The summed E-state index contributed by atoms with van der Waals surface area (Å²) in [6.45, 7) is 5.90. The number of thioether (sulfide) groups is 1. The Morgan fingerprint density at radius 1 is 1.14 bits per heavy atom. The number of nitrogens with zero attached hydrogens (tertiary/aromatic N) is 4. The van der Waals surface area contributed by atoms with Gasteiger partial charge in [0, 0.05) is 25.6 Å². The molecule has 0 radical (unpaired) electrons. The first-order chi connectivity index (χ1) is 13.1. The maximum absolute atomic E-state index is 12.8. The summed E-state index contributed by atoms with van der Waals surface area (Å²) in [7, 11) is 3.02. The van der Waals surface area contributed by atoms with Crippen molar-refractivity contribution in [1.29, 1.82) is 0 Å². The Labute approximate surface area is 167 Å². The maximum atomic E-state index is 12.8. The molecule has 1 aliphatic carbocycles. The molecule has 0 atom stereocenters. The van der Waals surface area contributed by atoms with Crippen LogP contribution in [0, 0.1) is 0 Å². The van der Waals surface area contributed by atoms with Gasteiger partial charge in [0.25, 0.3) is 5.56 Å². The molecule has 152 valence electrons. The summed E-state index contributed by atoms with van der Waals surface area (Å²) in [6.07, 6.45) is 4.33. The van der Waals surface area contributed by atoms with E-state index in [0.717, 1.165) is 30.3 Å². The molecular weight excluding hydrogens is 378 g/mol. The second kappa shape index (κ2) is 7.69. The van der Waals surface area contributed by atoms with Gasteiger partial charge < -0.3 is 5.32 Å². The van der Waals surface area contributed by atoms with Gasteiger partial charge >= 0.3 is 5.69 Å². The van der Waals surface area contributed by atoms with Crippen molar-refractivity contribution in [2.24, 2.45) is 14.1 Å². The minimum Gasteiger partial charge on any atom is -0.353 e. The average Bonchev–Trinajstić information content (AvgIpc) is 3.14. The third-order valence-corrected chi connectivity index (χ3v) is 5.97. The van der Waals surface area contributed by atoms with Crippen LogP contribution in [0.15, 0.2) is 14.6 Å². The first-order valence-electron chi connectivity index (χ1n) is 9.50. The minimum absolute atomic E-state index is 0.0670. The number of aromatic nitrogens is 4. The highest BCUT2D eigenvalue weighted by atomic mass is 32.2. The van der Waals surface area contributed by atoms with E-state index < -0.39 is 11.2 Å². The molecule has 28 heavy (non-hydrogen) atoms. The lowest BCUT2D eigenvalue weighted by atomic mass is 9.96. The second-order valence-corrected chi connectivity index (χ2v) is 9.31. The van der Waals surface area contributed by atoms with Crippen LogP contribution in [0.2, 0.25) is 0 Å².